The molecule has 0 aromatic heterocycles. The predicted octanol–water partition coefficient (Wildman–Crippen LogP) is 3.29. The molecule has 2 heterocycles. The first kappa shape index (κ1) is 24.0. The number of likely N-dealkylation sites (N-methyl/N-ethyl adjacent to an activating group) is 1. The van der Waals surface area contributed by atoms with E-state index >= 15 is 0 Å². The highest BCUT2D eigenvalue weighted by Crippen LogP contribution is 2.27. The number of hydrogen-bond donors (Lipinski definition) is 0. The maximum atomic E-state index is 13.3. The quantitative estimate of drug-likeness (QED) is 0.615. The minimum absolute atomic E-state index is 0.0791. The first-order valence-corrected chi connectivity index (χ1v) is 11.7. The fourth-order valence-corrected chi connectivity index (χ4v) is 4.60. The molecule has 0 radical (unpaired) electrons. The number of rotatable bonds is 7. The summed E-state index contributed by atoms with van der Waals surface area (Å²) in [7, 11) is 2.07. The summed E-state index contributed by atoms with van der Waals surface area (Å²) in [6, 6.07) is 13.7. The van der Waals surface area contributed by atoms with E-state index in [1.807, 2.05) is 29.2 Å². The van der Waals surface area contributed by atoms with Gasteiger partial charge in [-0.1, -0.05) is 23.7 Å². The Morgan fingerprint density at radius 3 is 2.61 bits per heavy atom. The smallest absolute Gasteiger partial charge is 0.225 e. The molecule has 33 heavy (non-hydrogen) atoms. The van der Waals surface area contributed by atoms with Crippen LogP contribution < -0.4 is 4.74 Å². The highest BCUT2D eigenvalue weighted by Gasteiger charge is 2.41. The molecule has 4 rings (SSSR count). The molecule has 2 aliphatic rings. The Labute approximate surface area is 199 Å². The number of carbonyl (C=O) groups excluding carboxylic acids is 1. The van der Waals surface area contributed by atoms with Gasteiger partial charge in [-0.15, -0.1) is 0 Å². The summed E-state index contributed by atoms with van der Waals surface area (Å²) in [5.41, 5.74) is 0.328. The van der Waals surface area contributed by atoms with Gasteiger partial charge in [-0.2, -0.15) is 0 Å². The molecule has 178 valence electrons. The Hall–Kier alpha value is -2.19. The molecule has 1 atom stereocenters. The van der Waals surface area contributed by atoms with Crippen LogP contribution in [-0.2, 0) is 16.1 Å². The van der Waals surface area contributed by atoms with Crippen LogP contribution in [0.4, 0.5) is 4.39 Å². The van der Waals surface area contributed by atoms with Crippen LogP contribution in [0.25, 0.3) is 0 Å². The molecule has 8 heteroatoms. The Bertz CT molecular complexity index is 937. The third-order valence-corrected chi connectivity index (χ3v) is 6.50. The van der Waals surface area contributed by atoms with Gasteiger partial charge in [0.15, 0.2) is 0 Å². The van der Waals surface area contributed by atoms with Crippen LogP contribution in [0, 0.1) is 5.82 Å². The van der Waals surface area contributed by atoms with Crippen molar-refractivity contribution in [1.29, 1.82) is 0 Å². The third kappa shape index (κ3) is 6.67. The number of carbonyl (C=O) groups is 1. The van der Waals surface area contributed by atoms with Gasteiger partial charge in [-0.25, -0.2) is 4.39 Å². The van der Waals surface area contributed by atoms with E-state index in [-0.39, 0.29) is 24.8 Å². The molecule has 2 aromatic rings. The minimum Gasteiger partial charge on any atom is -0.491 e. The highest BCUT2D eigenvalue weighted by atomic mass is 35.5. The largest absolute Gasteiger partial charge is 0.491 e. The molecule has 2 aromatic carbocycles. The predicted molar refractivity (Wildman–Crippen MR) is 126 cm³/mol. The van der Waals surface area contributed by atoms with E-state index in [9.17, 15) is 9.18 Å². The number of halogens is 2. The van der Waals surface area contributed by atoms with Crippen LogP contribution >= 0.6 is 11.6 Å². The summed E-state index contributed by atoms with van der Waals surface area (Å²) in [6.45, 7) is 5.91. The molecule has 0 aliphatic carbocycles. The van der Waals surface area contributed by atoms with Crippen LogP contribution in [0.2, 0.25) is 5.02 Å². The summed E-state index contributed by atoms with van der Waals surface area (Å²) in [4.78, 5) is 19.6. The Morgan fingerprint density at radius 2 is 1.88 bits per heavy atom. The van der Waals surface area contributed by atoms with Crippen molar-refractivity contribution >= 4 is 17.5 Å². The molecular formula is C25H31ClFN3O3. The molecule has 0 bridgehead atoms. The number of ether oxygens (including phenoxy) is 2. The summed E-state index contributed by atoms with van der Waals surface area (Å²) in [5, 5.41) is 0.705. The van der Waals surface area contributed by atoms with E-state index in [1.54, 1.807) is 12.1 Å². The van der Waals surface area contributed by atoms with Gasteiger partial charge in [0.2, 0.25) is 5.91 Å². The van der Waals surface area contributed by atoms with Crippen molar-refractivity contribution < 1.29 is 18.7 Å². The van der Waals surface area contributed by atoms with Crippen molar-refractivity contribution in [3.63, 3.8) is 0 Å². The Balaban J connectivity index is 1.48. The summed E-state index contributed by atoms with van der Waals surface area (Å²) < 4.78 is 25.6. The molecule has 0 saturated carbocycles. The SMILES string of the molecule is CN1CCN(C(=O)CC2(COc3ccc(F)cc3)CN(Cc3cccc(Cl)c3)CCO2)CC1. The second-order valence-electron chi connectivity index (χ2n) is 8.98. The van der Waals surface area contributed by atoms with Gasteiger partial charge >= 0.3 is 0 Å². The fourth-order valence-electron chi connectivity index (χ4n) is 4.39. The van der Waals surface area contributed by atoms with Gasteiger partial charge in [0, 0.05) is 50.8 Å². The van der Waals surface area contributed by atoms with Gasteiger partial charge < -0.3 is 19.3 Å². The van der Waals surface area contributed by atoms with E-state index in [1.165, 1.54) is 12.1 Å². The van der Waals surface area contributed by atoms with Crippen molar-refractivity contribution in [2.75, 3.05) is 59.5 Å². The molecule has 0 spiro atoms. The monoisotopic (exact) mass is 475 g/mol. The topological polar surface area (TPSA) is 45.2 Å². The van der Waals surface area contributed by atoms with E-state index in [2.05, 4.69) is 16.8 Å². The van der Waals surface area contributed by atoms with Gasteiger partial charge in [0.25, 0.3) is 0 Å². The number of nitrogens with zero attached hydrogens (tertiary/aromatic N) is 3. The molecule has 2 saturated heterocycles. The molecule has 0 N–H and O–H groups in total. The molecule has 2 fully saturated rings. The zero-order chi connectivity index (χ0) is 23.3. The van der Waals surface area contributed by atoms with Crippen LogP contribution in [-0.4, -0.2) is 85.7 Å². The zero-order valence-corrected chi connectivity index (χ0v) is 19.8. The van der Waals surface area contributed by atoms with Crippen LogP contribution in [0.3, 0.4) is 0 Å². The lowest BCUT2D eigenvalue weighted by Gasteiger charge is -2.43. The van der Waals surface area contributed by atoms with Crippen LogP contribution in [0.1, 0.15) is 12.0 Å². The lowest BCUT2D eigenvalue weighted by molar-refractivity contribution is -0.157. The second-order valence-corrected chi connectivity index (χ2v) is 9.41. The van der Waals surface area contributed by atoms with E-state index in [0.29, 0.717) is 30.5 Å². The number of benzene rings is 2. The van der Waals surface area contributed by atoms with Crippen LogP contribution in [0.15, 0.2) is 48.5 Å². The molecule has 1 amide bonds. The molecule has 6 nitrogen and oxygen atoms in total. The van der Waals surface area contributed by atoms with Crippen molar-refractivity contribution in [3.8, 4) is 5.75 Å². The number of amides is 1. The number of hydrogen-bond acceptors (Lipinski definition) is 5. The van der Waals surface area contributed by atoms with Crippen molar-refractivity contribution in [1.82, 2.24) is 14.7 Å². The van der Waals surface area contributed by atoms with Crippen molar-refractivity contribution in [2.24, 2.45) is 0 Å². The van der Waals surface area contributed by atoms with E-state index in [0.717, 1.165) is 38.3 Å². The van der Waals surface area contributed by atoms with Gasteiger partial charge in [0.05, 0.1) is 13.0 Å². The molecular weight excluding hydrogens is 445 g/mol. The molecule has 1 unspecified atom stereocenters. The summed E-state index contributed by atoms with van der Waals surface area (Å²) in [5.74, 6) is 0.317. The van der Waals surface area contributed by atoms with E-state index in [4.69, 9.17) is 21.1 Å². The average Bonchev–Trinajstić information content (AvgIpc) is 2.79. The second kappa shape index (κ2) is 10.8. The Kier molecular flexibility index (Phi) is 7.86. The van der Waals surface area contributed by atoms with Crippen LogP contribution in [0.5, 0.6) is 5.75 Å². The summed E-state index contributed by atoms with van der Waals surface area (Å²) >= 11 is 6.17. The lowest BCUT2D eigenvalue weighted by atomic mass is 9.96. The highest BCUT2D eigenvalue weighted by molar-refractivity contribution is 6.30. The average molecular weight is 476 g/mol. The first-order valence-electron chi connectivity index (χ1n) is 11.4. The maximum Gasteiger partial charge on any atom is 0.225 e. The fraction of sp³-hybridized carbons (Fsp3) is 0.480. The standard InChI is InChI=1S/C25H31ClFN3O3/c1-28-9-11-30(12-10-28)24(31)16-25(19-32-23-7-5-22(27)6-8-23)18-29(13-14-33-25)17-20-3-2-4-21(26)15-20/h2-8,15H,9-14,16-19H2,1H3. The first-order chi connectivity index (χ1) is 15.9. The van der Waals surface area contributed by atoms with Crippen molar-refractivity contribution in [2.45, 2.75) is 18.6 Å². The number of piperazine rings is 1. The minimum atomic E-state index is -0.786. The van der Waals surface area contributed by atoms with Gasteiger partial charge in [-0.3, -0.25) is 9.69 Å². The van der Waals surface area contributed by atoms with Gasteiger partial charge in [-0.05, 0) is 49.0 Å². The molecule has 2 aliphatic heterocycles. The summed E-state index contributed by atoms with van der Waals surface area (Å²) in [6.07, 6.45) is 0.240. The Morgan fingerprint density at radius 1 is 1.12 bits per heavy atom. The maximum absolute atomic E-state index is 13.3. The van der Waals surface area contributed by atoms with E-state index < -0.39 is 5.60 Å². The van der Waals surface area contributed by atoms with Gasteiger partial charge in [0.1, 0.15) is 23.8 Å². The third-order valence-electron chi connectivity index (χ3n) is 6.27. The van der Waals surface area contributed by atoms with Crippen molar-refractivity contribution in [3.05, 3.63) is 64.9 Å². The zero-order valence-electron chi connectivity index (χ0n) is 19.0. The normalized spacial score (nSPS) is 22.3. The number of morpholine rings is 1. The lowest BCUT2D eigenvalue weighted by Crippen LogP contribution is -2.58.